The lowest BCUT2D eigenvalue weighted by atomic mass is 10.1. The fraction of sp³-hybridized carbons (Fsp3) is 0.471. The third-order valence-electron chi connectivity index (χ3n) is 3.16. The Morgan fingerprint density at radius 2 is 1.84 bits per heavy atom. The van der Waals surface area contributed by atoms with Crippen LogP contribution in [0.25, 0.3) is 0 Å². The van der Waals surface area contributed by atoms with Gasteiger partial charge in [-0.05, 0) is 31.7 Å². The summed E-state index contributed by atoms with van der Waals surface area (Å²) in [6, 6.07) is 9.34. The fourth-order valence-corrected chi connectivity index (χ4v) is 2.10. The number of esters is 1. The van der Waals surface area contributed by atoms with Crippen molar-refractivity contribution < 1.29 is 28.6 Å². The molecule has 25 heavy (non-hydrogen) atoms. The molecule has 1 atom stereocenters. The summed E-state index contributed by atoms with van der Waals surface area (Å²) in [6.45, 7) is 2.41. The van der Waals surface area contributed by atoms with Gasteiger partial charge >= 0.3 is 17.5 Å². The molecule has 1 aromatic rings. The zero-order chi connectivity index (χ0) is 18.5. The van der Waals surface area contributed by atoms with Crippen LogP contribution in [0, 0.1) is 0 Å². The van der Waals surface area contributed by atoms with Crippen LogP contribution in [0.2, 0.25) is 0 Å². The highest BCUT2D eigenvalue weighted by atomic mass is 35.5. The van der Waals surface area contributed by atoms with Crippen LogP contribution >= 0.6 is 11.6 Å². The van der Waals surface area contributed by atoms with Crippen LogP contribution in [0.15, 0.2) is 30.3 Å². The second-order valence-electron chi connectivity index (χ2n) is 5.08. The van der Waals surface area contributed by atoms with Crippen molar-refractivity contribution in [2.75, 3.05) is 13.2 Å². The number of hydrogen-bond donors (Lipinski definition) is 1. The number of nitrogens with one attached hydrogen (secondary N) is 1. The molecule has 7 nitrogen and oxygen atoms in total. The molecular formula is C17H22ClNO6. The quantitative estimate of drug-likeness (QED) is 0.293. The van der Waals surface area contributed by atoms with E-state index in [0.29, 0.717) is 19.4 Å². The minimum atomic E-state index is -1.05. The number of alkyl carbamates (subject to hydrolysis) is 1. The number of carbonyl (C=O) groups excluding carboxylic acids is 3. The highest BCUT2D eigenvalue weighted by Gasteiger charge is 2.23. The van der Waals surface area contributed by atoms with Gasteiger partial charge in [-0.25, -0.2) is 14.4 Å². The first-order chi connectivity index (χ1) is 12.0. The summed E-state index contributed by atoms with van der Waals surface area (Å²) in [5.74, 6) is -0.633. The molecule has 0 aliphatic heterocycles. The van der Waals surface area contributed by atoms with Crippen LogP contribution in [0.5, 0.6) is 0 Å². The van der Waals surface area contributed by atoms with Crippen LogP contribution in [-0.4, -0.2) is 36.7 Å². The standard InChI is InChI=1S/C17H22ClNO6/c1-2-23-15(20)14(25-16(18)21)10-6-7-11-19-17(22)24-12-13-8-4-3-5-9-13/h3-5,8-9,14H,2,6-7,10-12H2,1H3,(H,19,22). The van der Waals surface area contributed by atoms with Crippen molar-refractivity contribution in [3.63, 3.8) is 0 Å². The maximum atomic E-state index is 11.6. The number of benzene rings is 1. The van der Waals surface area contributed by atoms with Gasteiger partial charge < -0.3 is 19.5 Å². The molecule has 8 heteroatoms. The molecule has 138 valence electrons. The molecule has 0 radical (unpaired) electrons. The Morgan fingerprint density at radius 1 is 1.12 bits per heavy atom. The number of halogens is 1. The van der Waals surface area contributed by atoms with Crippen molar-refractivity contribution in [1.29, 1.82) is 0 Å². The number of hydrogen-bond acceptors (Lipinski definition) is 6. The van der Waals surface area contributed by atoms with E-state index in [4.69, 9.17) is 25.8 Å². The normalized spacial score (nSPS) is 11.3. The van der Waals surface area contributed by atoms with E-state index in [-0.39, 0.29) is 19.6 Å². The second-order valence-corrected chi connectivity index (χ2v) is 5.39. The van der Waals surface area contributed by atoms with Gasteiger partial charge in [0.2, 0.25) is 0 Å². The molecule has 0 saturated carbocycles. The average Bonchev–Trinajstić information content (AvgIpc) is 2.59. The van der Waals surface area contributed by atoms with Crippen LogP contribution in [0.3, 0.4) is 0 Å². The number of amides is 1. The zero-order valence-corrected chi connectivity index (χ0v) is 14.8. The van der Waals surface area contributed by atoms with Crippen molar-refractivity contribution in [1.82, 2.24) is 5.32 Å². The Balaban J connectivity index is 2.19. The number of unbranched alkanes of at least 4 members (excludes halogenated alkanes) is 1. The van der Waals surface area contributed by atoms with Crippen molar-refractivity contribution in [3.8, 4) is 0 Å². The average molecular weight is 372 g/mol. The van der Waals surface area contributed by atoms with Gasteiger partial charge in [0.1, 0.15) is 6.61 Å². The second kappa shape index (κ2) is 12.1. The van der Waals surface area contributed by atoms with E-state index < -0.39 is 23.6 Å². The summed E-state index contributed by atoms with van der Waals surface area (Å²) in [5, 5.41) is 2.61. The van der Waals surface area contributed by atoms with E-state index in [1.165, 1.54) is 0 Å². The topological polar surface area (TPSA) is 90.9 Å². The van der Waals surface area contributed by atoms with Crippen LogP contribution in [0.1, 0.15) is 31.7 Å². The maximum Gasteiger partial charge on any atom is 0.407 e. The van der Waals surface area contributed by atoms with Gasteiger partial charge in [0.15, 0.2) is 6.10 Å². The van der Waals surface area contributed by atoms with Gasteiger partial charge in [0.05, 0.1) is 6.61 Å². The molecule has 1 aromatic carbocycles. The zero-order valence-electron chi connectivity index (χ0n) is 14.0. The largest absolute Gasteiger partial charge is 0.463 e. The Labute approximate surface area is 151 Å². The van der Waals surface area contributed by atoms with Crippen molar-refractivity contribution in [2.45, 2.75) is 38.9 Å². The smallest absolute Gasteiger partial charge is 0.407 e. The van der Waals surface area contributed by atoms with E-state index in [1.54, 1.807) is 6.92 Å². The van der Waals surface area contributed by atoms with Crippen LogP contribution in [-0.2, 0) is 25.6 Å². The fourth-order valence-electron chi connectivity index (χ4n) is 1.99. The third kappa shape index (κ3) is 9.56. The lowest BCUT2D eigenvalue weighted by Gasteiger charge is -2.14. The van der Waals surface area contributed by atoms with Crippen LogP contribution < -0.4 is 5.32 Å². The first-order valence-electron chi connectivity index (χ1n) is 8.00. The molecule has 0 aliphatic carbocycles. The van der Waals surface area contributed by atoms with E-state index in [2.05, 4.69) is 5.32 Å². The predicted molar refractivity (Wildman–Crippen MR) is 91.2 cm³/mol. The minimum Gasteiger partial charge on any atom is -0.463 e. The molecule has 1 amide bonds. The minimum absolute atomic E-state index is 0.185. The SMILES string of the molecule is CCOC(=O)C(CCCCNC(=O)OCc1ccccc1)OC(=O)Cl. The molecule has 1 N–H and O–H groups in total. The summed E-state index contributed by atoms with van der Waals surface area (Å²) >= 11 is 5.14. The highest BCUT2D eigenvalue weighted by molar-refractivity contribution is 6.61. The highest BCUT2D eigenvalue weighted by Crippen LogP contribution is 2.09. The Morgan fingerprint density at radius 3 is 2.48 bits per heavy atom. The van der Waals surface area contributed by atoms with Gasteiger partial charge in [-0.2, -0.15) is 0 Å². The van der Waals surface area contributed by atoms with Crippen LogP contribution in [0.4, 0.5) is 9.59 Å². The number of rotatable bonds is 10. The van der Waals surface area contributed by atoms with E-state index in [9.17, 15) is 14.4 Å². The summed E-state index contributed by atoms with van der Waals surface area (Å²) in [7, 11) is 0. The summed E-state index contributed by atoms with van der Waals surface area (Å²) in [5.41, 5.74) is -0.154. The molecule has 0 aliphatic rings. The van der Waals surface area contributed by atoms with Gasteiger partial charge in [-0.3, -0.25) is 0 Å². The molecular weight excluding hydrogens is 350 g/mol. The molecule has 0 saturated heterocycles. The number of carbonyl (C=O) groups is 3. The number of ether oxygens (including phenoxy) is 3. The molecule has 0 spiro atoms. The molecule has 0 aromatic heterocycles. The maximum absolute atomic E-state index is 11.6. The molecule has 0 fully saturated rings. The summed E-state index contributed by atoms with van der Waals surface area (Å²) < 4.78 is 14.6. The lowest BCUT2D eigenvalue weighted by molar-refractivity contribution is -0.153. The van der Waals surface area contributed by atoms with Gasteiger partial charge in [-0.15, -0.1) is 0 Å². The Kier molecular flexibility index (Phi) is 10.1. The summed E-state index contributed by atoms with van der Waals surface area (Å²) in [6.07, 6.45) is -0.172. The van der Waals surface area contributed by atoms with Crippen molar-refractivity contribution in [2.24, 2.45) is 0 Å². The molecule has 1 unspecified atom stereocenters. The molecule has 0 bridgehead atoms. The Bertz CT molecular complexity index is 551. The van der Waals surface area contributed by atoms with E-state index >= 15 is 0 Å². The first kappa shape index (κ1) is 20.8. The van der Waals surface area contributed by atoms with E-state index in [1.807, 2.05) is 30.3 Å². The van der Waals surface area contributed by atoms with Gasteiger partial charge in [0, 0.05) is 18.1 Å². The van der Waals surface area contributed by atoms with Gasteiger partial charge in [0.25, 0.3) is 0 Å². The van der Waals surface area contributed by atoms with E-state index in [0.717, 1.165) is 5.56 Å². The monoisotopic (exact) mass is 371 g/mol. The first-order valence-corrected chi connectivity index (χ1v) is 8.38. The van der Waals surface area contributed by atoms with Crippen molar-refractivity contribution in [3.05, 3.63) is 35.9 Å². The van der Waals surface area contributed by atoms with Crippen molar-refractivity contribution >= 4 is 29.1 Å². The van der Waals surface area contributed by atoms with Gasteiger partial charge in [-0.1, -0.05) is 30.3 Å². The summed E-state index contributed by atoms with van der Waals surface area (Å²) in [4.78, 5) is 34.0. The Hall–Kier alpha value is -2.28. The predicted octanol–water partition coefficient (Wildman–Crippen LogP) is 3.39. The molecule has 0 heterocycles. The third-order valence-corrected chi connectivity index (χ3v) is 3.25. The molecule has 1 rings (SSSR count). The lowest BCUT2D eigenvalue weighted by Crippen LogP contribution is -2.28.